The summed E-state index contributed by atoms with van der Waals surface area (Å²) >= 11 is 4.73. The second kappa shape index (κ2) is 24.0. The predicted octanol–water partition coefficient (Wildman–Crippen LogP) is 12.5. The van der Waals surface area contributed by atoms with E-state index in [0.29, 0.717) is 44.8 Å². The van der Waals surface area contributed by atoms with Crippen LogP contribution in [0.4, 0.5) is 56.3 Å². The molecule has 73 heavy (non-hydrogen) atoms. The van der Waals surface area contributed by atoms with Gasteiger partial charge in [-0.3, -0.25) is 4.55 Å². The van der Waals surface area contributed by atoms with E-state index >= 15 is 0 Å². The zero-order valence-electron chi connectivity index (χ0n) is 39.2. The van der Waals surface area contributed by atoms with E-state index in [1.54, 1.807) is 18.2 Å². The van der Waals surface area contributed by atoms with E-state index in [1.807, 2.05) is 66.7 Å². The zero-order valence-corrected chi connectivity index (χ0v) is 45.5. The molecular weight excluding hydrogens is 1150 g/mol. The van der Waals surface area contributed by atoms with Gasteiger partial charge < -0.3 is 20.4 Å². The number of thioether (sulfide) groups is 1. The van der Waals surface area contributed by atoms with Crippen molar-refractivity contribution in [3.8, 4) is 22.8 Å². The quantitative estimate of drug-likeness (QED) is 0.0246. The van der Waals surface area contributed by atoms with Crippen LogP contribution in [-0.4, -0.2) is 81.2 Å². The Morgan fingerprint density at radius 3 is 1.58 bits per heavy atom. The van der Waals surface area contributed by atoms with Gasteiger partial charge in [-0.1, -0.05) is 66.4 Å². The molecule has 0 aliphatic carbocycles. The van der Waals surface area contributed by atoms with Crippen molar-refractivity contribution in [2.75, 3.05) is 46.6 Å². The van der Waals surface area contributed by atoms with Crippen LogP contribution in [0.25, 0.3) is 22.8 Å². The monoisotopic (exact) mass is 1190 g/mol. The number of hydrogen-bond donors (Lipinski definition) is 3. The number of anilines is 6. The van der Waals surface area contributed by atoms with Gasteiger partial charge in [-0.15, -0.1) is 20.5 Å². The summed E-state index contributed by atoms with van der Waals surface area (Å²) in [6, 6.07) is 33.2. The Kier molecular flexibility index (Phi) is 17.4. The molecule has 0 bridgehead atoms. The zero-order chi connectivity index (χ0) is 51.5. The van der Waals surface area contributed by atoms with Gasteiger partial charge in [0.1, 0.15) is 34.4 Å². The third kappa shape index (κ3) is 13.6. The van der Waals surface area contributed by atoms with E-state index in [2.05, 4.69) is 89.8 Å². The van der Waals surface area contributed by atoms with Gasteiger partial charge in [0.15, 0.2) is 16.8 Å². The van der Waals surface area contributed by atoms with E-state index in [-0.39, 0.29) is 43.6 Å². The molecule has 8 rings (SSSR count). The number of rotatable bonds is 22. The fourth-order valence-electron chi connectivity index (χ4n) is 7.05. The van der Waals surface area contributed by atoms with Gasteiger partial charge in [0.25, 0.3) is 10.1 Å². The number of nitrogens with zero attached hydrogens (tertiary/aromatic N) is 13. The maximum Gasteiger partial charge on any atom is 0.306 e. The molecule has 3 aromatic heterocycles. The van der Waals surface area contributed by atoms with Crippen LogP contribution >= 0.6 is 57.8 Å². The molecule has 3 heterocycles. The van der Waals surface area contributed by atoms with Crippen LogP contribution in [0, 0.1) is 0 Å². The molecule has 3 N–H and O–H groups in total. The molecule has 0 amide bonds. The van der Waals surface area contributed by atoms with Gasteiger partial charge in [-0.2, -0.15) is 53.0 Å². The molecule has 0 aliphatic heterocycles. The predicted molar refractivity (Wildman–Crippen MR) is 294 cm³/mol. The minimum Gasteiger partial charge on any atom is -0.372 e. The molecule has 0 spiro atoms. The summed E-state index contributed by atoms with van der Waals surface area (Å²) in [6.45, 7) is 11.2. The topological polar surface area (TPSA) is 268 Å². The smallest absolute Gasteiger partial charge is 0.306 e. The Morgan fingerprint density at radius 2 is 1.10 bits per heavy atom. The molecule has 0 aliphatic rings. The number of aromatic nitrogens is 7. The highest BCUT2D eigenvalue weighted by molar-refractivity contribution is 14.1. The summed E-state index contributed by atoms with van der Waals surface area (Å²) in [6.07, 6.45) is 0. The number of benzene rings is 5. The lowest BCUT2D eigenvalue weighted by molar-refractivity contribution is 0.483. The summed E-state index contributed by atoms with van der Waals surface area (Å²) < 4.78 is 71.3. The van der Waals surface area contributed by atoms with Gasteiger partial charge in [-0.05, 0) is 93.9 Å². The van der Waals surface area contributed by atoms with E-state index in [4.69, 9.17) is 15.0 Å². The molecular formula is C46H44IN15O6S5. The molecule has 21 nitrogen and oxygen atoms in total. The molecule has 0 unspecified atom stereocenters. The number of azo groups is 2. The summed E-state index contributed by atoms with van der Waals surface area (Å²) in [7, 11) is -8.39. The van der Waals surface area contributed by atoms with Crippen molar-refractivity contribution in [3.63, 3.8) is 0 Å². The van der Waals surface area contributed by atoms with Gasteiger partial charge in [0, 0.05) is 77.5 Å². The fraction of sp³-hybridized carbons (Fsp3) is 0.196. The third-order valence-electron chi connectivity index (χ3n) is 10.7. The first-order valence-corrected chi connectivity index (χ1v) is 28.5. The maximum atomic E-state index is 12.4. The lowest BCUT2D eigenvalue weighted by atomic mass is 10.2. The lowest BCUT2D eigenvalue weighted by Gasteiger charge is -2.22. The minimum absolute atomic E-state index is 0.0365. The fourth-order valence-corrected chi connectivity index (χ4v) is 10.6. The number of hydrogen-bond acceptors (Lipinski definition) is 23. The second-order valence-electron chi connectivity index (χ2n) is 15.3. The molecule has 0 radical (unpaired) electrons. The summed E-state index contributed by atoms with van der Waals surface area (Å²) in [5, 5.41) is 25.6. The largest absolute Gasteiger partial charge is 0.372 e. The molecule has 376 valence electrons. The van der Waals surface area contributed by atoms with Crippen LogP contribution < -0.4 is 20.4 Å². The highest BCUT2D eigenvalue weighted by Gasteiger charge is 2.19. The van der Waals surface area contributed by atoms with Gasteiger partial charge in [0.05, 0.1) is 21.2 Å². The van der Waals surface area contributed by atoms with Gasteiger partial charge in [-0.25, -0.2) is 0 Å². The Labute approximate surface area is 447 Å². The molecule has 0 atom stereocenters. The Morgan fingerprint density at radius 1 is 0.603 bits per heavy atom. The molecule has 0 saturated heterocycles. The highest BCUT2D eigenvalue weighted by Crippen LogP contribution is 2.37. The summed E-state index contributed by atoms with van der Waals surface area (Å²) in [5.74, 6) is 1.46. The second-order valence-corrected chi connectivity index (χ2v) is 21.7. The first kappa shape index (κ1) is 52.8. The van der Waals surface area contributed by atoms with Crippen molar-refractivity contribution in [2.45, 2.75) is 48.4 Å². The summed E-state index contributed by atoms with van der Waals surface area (Å²) in [5.41, 5.74) is 5.66. The summed E-state index contributed by atoms with van der Waals surface area (Å²) in [4.78, 5) is 27.6. The first-order chi connectivity index (χ1) is 35.2. The van der Waals surface area contributed by atoms with Crippen LogP contribution in [0.3, 0.4) is 0 Å². The highest BCUT2D eigenvalue weighted by atomic mass is 127. The van der Waals surface area contributed by atoms with Crippen molar-refractivity contribution < 1.29 is 23.9 Å². The van der Waals surface area contributed by atoms with E-state index in [1.165, 1.54) is 65.1 Å². The van der Waals surface area contributed by atoms with Crippen LogP contribution in [0.5, 0.6) is 0 Å². The Bertz CT molecular complexity index is 3510. The number of nitrogens with one attached hydrogen (secondary N) is 2. The van der Waals surface area contributed by atoms with Crippen molar-refractivity contribution >= 4 is 134 Å². The van der Waals surface area contributed by atoms with E-state index in [9.17, 15) is 21.4 Å². The van der Waals surface area contributed by atoms with E-state index < -0.39 is 20.2 Å². The minimum atomic E-state index is -4.44. The number of halogens is 1. The molecule has 0 saturated carbocycles. The Hall–Kier alpha value is -6.47. The van der Waals surface area contributed by atoms with E-state index in [0.717, 1.165) is 66.2 Å². The third-order valence-corrected chi connectivity index (χ3v) is 16.1. The molecule has 27 heteroatoms. The first-order valence-electron chi connectivity index (χ1n) is 22.2. The van der Waals surface area contributed by atoms with Gasteiger partial charge in [0.2, 0.25) is 22.2 Å². The van der Waals surface area contributed by atoms with Crippen molar-refractivity contribution in [1.82, 2.24) is 33.7 Å². The van der Waals surface area contributed by atoms with Crippen molar-refractivity contribution in [3.05, 3.63) is 121 Å². The average molecular weight is 1190 g/mol. The normalized spacial score (nSPS) is 11.9. The lowest BCUT2D eigenvalue weighted by Crippen LogP contribution is -2.21. The van der Waals surface area contributed by atoms with Crippen LogP contribution in [0.15, 0.2) is 151 Å². The average Bonchev–Trinajstić information content (AvgIpc) is 4.09. The van der Waals surface area contributed by atoms with Crippen molar-refractivity contribution in [1.29, 1.82) is 0 Å². The molecule has 8 aromatic rings. The molecule has 5 aromatic carbocycles. The van der Waals surface area contributed by atoms with Crippen LogP contribution in [-0.2, 0) is 28.5 Å². The van der Waals surface area contributed by atoms with Gasteiger partial charge >= 0.3 is 10.1 Å². The van der Waals surface area contributed by atoms with Crippen molar-refractivity contribution in [2.24, 2.45) is 20.5 Å². The molecule has 0 fully saturated rings. The Balaban J connectivity index is 1.14. The maximum absolute atomic E-state index is 12.4. The SMILES string of the molecule is CCN(CC)c1ccc(N=Nc2nc(-c3cccc(S(=O)(=O)O)c3)ns2)c(Nc2nc(Nc3cc(N(CC)CC)ccc3N=Nc3nc(-c4cccc(S(=O)(=O)OI)c4)ns3)nc(SCc3ccccc3)n2)c1. The van der Waals surface area contributed by atoms with Crippen LogP contribution in [0.1, 0.15) is 33.3 Å². The standard InChI is InChI=1S/C46H44IN15O6S5/c1-5-61(6-2)32-20-22-36(55-57-45-50-40(59-70-45)30-16-12-18-34(24-30)72(63,64)65)38(26-32)48-42-52-43(54-44(53-42)69-28-29-14-10-9-11-15-29)49-39-27-33(62(7-3)8-4)21-23-37(39)56-58-46-51-41(60-71-46)31-17-13-19-35(25-31)73(66,67)68-47/h9-27H,5-8,28H2,1-4H3,(H,63,64,65)(H2,48,49,52,53,54). The van der Waals surface area contributed by atoms with Crippen LogP contribution in [0.2, 0.25) is 0 Å².